The monoisotopic (exact) mass is 296 g/mol. The van der Waals surface area contributed by atoms with Gasteiger partial charge in [0.2, 0.25) is 0 Å². The molecule has 1 atom stereocenters. The molecule has 0 bridgehead atoms. The molecule has 19 heavy (non-hydrogen) atoms. The molecule has 0 saturated heterocycles. The first kappa shape index (κ1) is 13.8. The second-order valence-electron chi connectivity index (χ2n) is 3.55. The maximum atomic E-state index is 12.0. The Morgan fingerprint density at radius 2 is 2.42 bits per heavy atom. The van der Waals surface area contributed by atoms with Crippen LogP contribution in [0.4, 0.5) is 0 Å². The summed E-state index contributed by atoms with van der Waals surface area (Å²) in [5.41, 5.74) is 0.693. The van der Waals surface area contributed by atoms with Gasteiger partial charge in [0.15, 0.2) is 4.34 Å². The van der Waals surface area contributed by atoms with Gasteiger partial charge >= 0.3 is 5.97 Å². The molecule has 2 heterocycles. The summed E-state index contributed by atoms with van der Waals surface area (Å²) < 4.78 is 17.3. The number of carbonyl (C=O) groups excluding carboxylic acids is 1. The molecule has 0 saturated carbocycles. The highest BCUT2D eigenvalue weighted by molar-refractivity contribution is 7.88. The summed E-state index contributed by atoms with van der Waals surface area (Å²) in [6.07, 6.45) is 5.14. The predicted octanol–water partition coefficient (Wildman–Crippen LogP) is 1.92. The van der Waals surface area contributed by atoms with E-state index >= 15 is 0 Å². The van der Waals surface area contributed by atoms with E-state index in [0.717, 1.165) is 0 Å². The van der Waals surface area contributed by atoms with Gasteiger partial charge in [-0.1, -0.05) is 23.5 Å². The first-order valence-electron chi connectivity index (χ1n) is 5.57. The number of carbonyl (C=O) groups is 1. The number of allylic oxidation sites excluding steroid dienone is 1. The van der Waals surface area contributed by atoms with Gasteiger partial charge in [0.1, 0.15) is 22.7 Å². The first-order chi connectivity index (χ1) is 9.20. The Hall–Kier alpha value is -1.60. The molecule has 0 aromatic carbocycles. The Labute approximate surface area is 116 Å². The zero-order chi connectivity index (χ0) is 13.7. The van der Waals surface area contributed by atoms with Gasteiger partial charge < -0.3 is 4.74 Å². The molecular weight excluding hydrogens is 284 g/mol. The molecule has 100 valence electrons. The van der Waals surface area contributed by atoms with Crippen LogP contribution in [0, 0.1) is 0 Å². The van der Waals surface area contributed by atoms with Crippen LogP contribution >= 0.6 is 11.3 Å². The highest BCUT2D eigenvalue weighted by atomic mass is 32.2. The molecule has 0 radical (unpaired) electrons. The first-order valence-corrected chi connectivity index (χ1v) is 7.71. The molecule has 0 N–H and O–H groups in total. The van der Waals surface area contributed by atoms with Crippen LogP contribution in [0.2, 0.25) is 0 Å². The minimum atomic E-state index is -1.48. The lowest BCUT2D eigenvalue weighted by Gasteiger charge is -1.99. The zero-order valence-corrected chi connectivity index (χ0v) is 11.9. The number of nitrogens with zero attached hydrogens (tertiary/aromatic N) is 2. The van der Waals surface area contributed by atoms with E-state index < -0.39 is 16.8 Å². The van der Waals surface area contributed by atoms with Crippen LogP contribution in [0.1, 0.15) is 6.92 Å². The van der Waals surface area contributed by atoms with Gasteiger partial charge in [-0.05, 0) is 19.1 Å². The summed E-state index contributed by atoms with van der Waals surface area (Å²) in [5, 5.41) is 0. The average molecular weight is 296 g/mol. The van der Waals surface area contributed by atoms with E-state index in [2.05, 4.69) is 9.97 Å². The van der Waals surface area contributed by atoms with Crippen LogP contribution in [0.3, 0.4) is 0 Å². The van der Waals surface area contributed by atoms with E-state index in [1.54, 1.807) is 30.5 Å². The Balaban J connectivity index is 2.01. The molecule has 2 rings (SSSR count). The highest BCUT2D eigenvalue weighted by Gasteiger charge is 2.15. The summed E-state index contributed by atoms with van der Waals surface area (Å²) in [6, 6.07) is 3.56. The molecule has 0 aliphatic rings. The standard InChI is InChI=1S/C12H12N2O3S2/c1-2-3-7-17-10(15)8-19(16)12-14-9-5-4-6-13-11(9)18-12/h2-6H,7-8H2,1H3/b3-2+. The Kier molecular flexibility index (Phi) is 4.75. The lowest BCUT2D eigenvalue weighted by atomic mass is 10.5. The third kappa shape index (κ3) is 3.68. The van der Waals surface area contributed by atoms with Crippen molar-refractivity contribution in [3.05, 3.63) is 30.5 Å². The number of hydrogen-bond donors (Lipinski definition) is 0. The second kappa shape index (κ2) is 6.53. The molecular formula is C12H12N2O3S2. The van der Waals surface area contributed by atoms with Crippen molar-refractivity contribution in [1.29, 1.82) is 0 Å². The van der Waals surface area contributed by atoms with Crippen molar-refractivity contribution < 1.29 is 13.7 Å². The molecule has 2 aromatic heterocycles. The molecule has 1 unspecified atom stereocenters. The summed E-state index contributed by atoms with van der Waals surface area (Å²) in [6.45, 7) is 2.04. The van der Waals surface area contributed by atoms with Crippen molar-refractivity contribution in [3.63, 3.8) is 0 Å². The SMILES string of the molecule is C/C=C/COC(=O)CS(=O)c1nc2cccnc2s1. The van der Waals surface area contributed by atoms with Gasteiger partial charge in [-0.25, -0.2) is 9.97 Å². The van der Waals surface area contributed by atoms with Gasteiger partial charge in [0.05, 0.1) is 10.8 Å². The summed E-state index contributed by atoms with van der Waals surface area (Å²) in [5.74, 6) is -0.680. The van der Waals surface area contributed by atoms with E-state index in [0.29, 0.717) is 14.7 Å². The van der Waals surface area contributed by atoms with Gasteiger partial charge in [-0.2, -0.15) is 0 Å². The van der Waals surface area contributed by atoms with Crippen molar-refractivity contribution in [3.8, 4) is 0 Å². The third-order valence-electron chi connectivity index (χ3n) is 2.17. The van der Waals surface area contributed by atoms with E-state index in [4.69, 9.17) is 4.74 Å². The molecule has 0 amide bonds. The summed E-state index contributed by atoms with van der Waals surface area (Å²) in [4.78, 5) is 20.5. The third-order valence-corrected chi connectivity index (χ3v) is 4.73. The predicted molar refractivity (Wildman–Crippen MR) is 74.5 cm³/mol. The smallest absolute Gasteiger partial charge is 0.319 e. The van der Waals surface area contributed by atoms with Crippen molar-refractivity contribution in [2.45, 2.75) is 11.3 Å². The fourth-order valence-corrected chi connectivity index (χ4v) is 3.34. The van der Waals surface area contributed by atoms with Crippen LogP contribution in [-0.4, -0.2) is 32.5 Å². The van der Waals surface area contributed by atoms with Crippen LogP contribution in [0.25, 0.3) is 10.3 Å². The summed E-state index contributed by atoms with van der Waals surface area (Å²) in [7, 11) is -1.48. The maximum absolute atomic E-state index is 12.0. The van der Waals surface area contributed by atoms with Crippen LogP contribution in [0.5, 0.6) is 0 Å². The number of rotatable bonds is 5. The van der Waals surface area contributed by atoms with Crippen LogP contribution in [-0.2, 0) is 20.3 Å². The van der Waals surface area contributed by atoms with Gasteiger partial charge in [0, 0.05) is 6.20 Å². The average Bonchev–Trinajstić information content (AvgIpc) is 2.83. The molecule has 0 fully saturated rings. The number of fused-ring (bicyclic) bond motifs is 1. The molecule has 5 nitrogen and oxygen atoms in total. The maximum Gasteiger partial charge on any atom is 0.319 e. The van der Waals surface area contributed by atoms with Crippen molar-refractivity contribution in [1.82, 2.24) is 9.97 Å². The van der Waals surface area contributed by atoms with Crippen molar-refractivity contribution in [2.24, 2.45) is 0 Å². The number of aromatic nitrogens is 2. The Morgan fingerprint density at radius 3 is 3.16 bits per heavy atom. The fraction of sp³-hybridized carbons (Fsp3) is 0.250. The molecule has 2 aromatic rings. The van der Waals surface area contributed by atoms with Gasteiger partial charge in [0.25, 0.3) is 0 Å². The number of thiazole rings is 1. The highest BCUT2D eigenvalue weighted by Crippen LogP contribution is 2.22. The van der Waals surface area contributed by atoms with Crippen molar-refractivity contribution in [2.75, 3.05) is 12.4 Å². The quantitative estimate of drug-likeness (QED) is 0.623. The van der Waals surface area contributed by atoms with Crippen molar-refractivity contribution >= 4 is 38.5 Å². The van der Waals surface area contributed by atoms with E-state index in [1.165, 1.54) is 11.3 Å². The second-order valence-corrected chi connectivity index (χ2v) is 6.15. The molecule has 0 spiro atoms. The van der Waals surface area contributed by atoms with Gasteiger partial charge in [-0.15, -0.1) is 0 Å². The number of pyridine rings is 1. The van der Waals surface area contributed by atoms with E-state index in [-0.39, 0.29) is 12.4 Å². The molecule has 0 aliphatic carbocycles. The lowest BCUT2D eigenvalue weighted by Crippen LogP contribution is -2.14. The number of hydrogen-bond acceptors (Lipinski definition) is 6. The number of esters is 1. The topological polar surface area (TPSA) is 69.2 Å². The van der Waals surface area contributed by atoms with Crippen LogP contribution < -0.4 is 0 Å². The van der Waals surface area contributed by atoms with Gasteiger partial charge in [-0.3, -0.25) is 9.00 Å². The molecule has 7 heteroatoms. The zero-order valence-electron chi connectivity index (χ0n) is 10.2. The van der Waals surface area contributed by atoms with E-state index in [1.807, 2.05) is 6.92 Å². The number of ether oxygens (including phenoxy) is 1. The lowest BCUT2D eigenvalue weighted by molar-refractivity contribution is -0.139. The minimum absolute atomic E-state index is 0.183. The molecule has 0 aliphatic heterocycles. The normalized spacial score (nSPS) is 12.9. The van der Waals surface area contributed by atoms with E-state index in [9.17, 15) is 9.00 Å². The Morgan fingerprint density at radius 1 is 1.58 bits per heavy atom. The van der Waals surface area contributed by atoms with Crippen LogP contribution in [0.15, 0.2) is 34.8 Å². The summed E-state index contributed by atoms with van der Waals surface area (Å²) >= 11 is 1.23. The largest absolute Gasteiger partial charge is 0.461 e. The fourth-order valence-electron chi connectivity index (χ4n) is 1.30. The Bertz CT molecular complexity index is 604. The minimum Gasteiger partial charge on any atom is -0.461 e.